The highest BCUT2D eigenvalue weighted by molar-refractivity contribution is 9.10. The highest BCUT2D eigenvalue weighted by Gasteiger charge is 2.22. The van der Waals surface area contributed by atoms with E-state index in [2.05, 4.69) is 38.0 Å². The topological polar surface area (TPSA) is 44.8 Å². The van der Waals surface area contributed by atoms with Gasteiger partial charge in [0.05, 0.1) is 29.1 Å². The maximum absolute atomic E-state index is 12.9. The Labute approximate surface area is 173 Å². The number of carbonyl (C=O) groups is 1. The molecule has 0 atom stereocenters. The second-order valence-electron chi connectivity index (χ2n) is 6.36. The van der Waals surface area contributed by atoms with Crippen molar-refractivity contribution < 1.29 is 9.53 Å². The minimum atomic E-state index is -0.233. The molecule has 1 fully saturated rings. The number of nitrogens with one attached hydrogen (secondary N) is 1. The first-order valence-corrected chi connectivity index (χ1v) is 10.1. The first kappa shape index (κ1) is 20.0. The molecule has 0 radical (unpaired) electrons. The molecule has 0 spiro atoms. The van der Waals surface area contributed by atoms with Gasteiger partial charge in [-0.3, -0.25) is 4.79 Å². The zero-order valence-electron chi connectivity index (χ0n) is 15.5. The summed E-state index contributed by atoms with van der Waals surface area (Å²) in [5.41, 5.74) is 2.05. The predicted octanol–water partition coefficient (Wildman–Crippen LogP) is 4.51. The molecule has 3 rings (SSSR count). The molecule has 7 heteroatoms. The number of piperazine rings is 1. The number of ether oxygens (including phenoxy) is 1. The van der Waals surface area contributed by atoms with Gasteiger partial charge in [-0.1, -0.05) is 40.5 Å². The standard InChI is InChI=1S/C20H23BrClN3O2/c1-3-24-9-11-25(12-10-24)19-16(22)5-4-6-17(19)23-20(26)15-13-14(21)7-8-18(15)27-2/h4-8,13H,3,9-12H2,1-2H3,(H,23,26). The summed E-state index contributed by atoms with van der Waals surface area (Å²) >= 11 is 9.92. The average molecular weight is 453 g/mol. The number of anilines is 2. The van der Waals surface area contributed by atoms with Gasteiger partial charge in [-0.05, 0) is 36.9 Å². The van der Waals surface area contributed by atoms with Gasteiger partial charge in [0.15, 0.2) is 0 Å². The van der Waals surface area contributed by atoms with Crippen molar-refractivity contribution in [2.24, 2.45) is 0 Å². The lowest BCUT2D eigenvalue weighted by Crippen LogP contribution is -2.46. The Balaban J connectivity index is 1.87. The molecule has 0 unspecified atom stereocenters. The number of likely N-dealkylation sites (N-methyl/N-ethyl adjacent to an activating group) is 1. The molecule has 0 saturated carbocycles. The molecule has 0 aliphatic carbocycles. The van der Waals surface area contributed by atoms with E-state index in [0.29, 0.717) is 22.0 Å². The van der Waals surface area contributed by atoms with Crippen LogP contribution in [0.25, 0.3) is 0 Å². The van der Waals surface area contributed by atoms with Crippen molar-refractivity contribution in [2.75, 3.05) is 50.1 Å². The molecule has 5 nitrogen and oxygen atoms in total. The maximum atomic E-state index is 12.9. The van der Waals surface area contributed by atoms with Crippen molar-refractivity contribution >= 4 is 44.8 Å². The molecular formula is C20H23BrClN3O2. The zero-order chi connectivity index (χ0) is 19.4. The monoisotopic (exact) mass is 451 g/mol. The summed E-state index contributed by atoms with van der Waals surface area (Å²) in [4.78, 5) is 17.5. The molecule has 1 aliphatic heterocycles. The molecule has 1 aliphatic rings. The Bertz CT molecular complexity index is 823. The number of carbonyl (C=O) groups excluding carboxylic acids is 1. The van der Waals surface area contributed by atoms with Crippen LogP contribution in [-0.2, 0) is 0 Å². The van der Waals surface area contributed by atoms with Gasteiger partial charge in [0.2, 0.25) is 0 Å². The smallest absolute Gasteiger partial charge is 0.259 e. The van der Waals surface area contributed by atoms with E-state index in [1.165, 1.54) is 0 Å². The normalized spacial score (nSPS) is 14.9. The van der Waals surface area contributed by atoms with Crippen molar-refractivity contribution in [2.45, 2.75) is 6.92 Å². The number of nitrogens with zero attached hydrogens (tertiary/aromatic N) is 2. The summed E-state index contributed by atoms with van der Waals surface area (Å²) in [5.74, 6) is 0.291. The van der Waals surface area contributed by atoms with Gasteiger partial charge < -0.3 is 19.9 Å². The first-order chi connectivity index (χ1) is 13.0. The van der Waals surface area contributed by atoms with Crippen LogP contribution in [0.15, 0.2) is 40.9 Å². The largest absolute Gasteiger partial charge is 0.496 e. The summed E-state index contributed by atoms with van der Waals surface area (Å²) < 4.78 is 6.15. The SMILES string of the molecule is CCN1CCN(c2c(Cl)cccc2NC(=O)c2cc(Br)ccc2OC)CC1. The van der Waals surface area contributed by atoms with Gasteiger partial charge in [-0.2, -0.15) is 0 Å². The number of rotatable bonds is 5. The summed E-state index contributed by atoms with van der Waals surface area (Å²) in [6.45, 7) is 6.93. The average Bonchev–Trinajstić information content (AvgIpc) is 2.68. The Kier molecular flexibility index (Phi) is 6.63. The fourth-order valence-electron chi connectivity index (χ4n) is 3.27. The lowest BCUT2D eigenvalue weighted by atomic mass is 10.1. The molecule has 1 N–H and O–H groups in total. The number of para-hydroxylation sites is 1. The number of benzene rings is 2. The zero-order valence-corrected chi connectivity index (χ0v) is 17.8. The van der Waals surface area contributed by atoms with Crippen LogP contribution in [-0.4, -0.2) is 50.6 Å². The number of amides is 1. The van der Waals surface area contributed by atoms with Crippen molar-refractivity contribution in [3.8, 4) is 5.75 Å². The molecule has 0 bridgehead atoms. The van der Waals surface area contributed by atoms with E-state index in [0.717, 1.165) is 42.9 Å². The fourth-order valence-corrected chi connectivity index (χ4v) is 3.93. The summed E-state index contributed by atoms with van der Waals surface area (Å²) in [7, 11) is 1.55. The van der Waals surface area contributed by atoms with Gasteiger partial charge >= 0.3 is 0 Å². The molecule has 0 aromatic heterocycles. The predicted molar refractivity (Wildman–Crippen MR) is 114 cm³/mol. The van der Waals surface area contributed by atoms with Crippen LogP contribution in [0, 0.1) is 0 Å². The quantitative estimate of drug-likeness (QED) is 0.725. The molecule has 1 amide bonds. The fraction of sp³-hybridized carbons (Fsp3) is 0.350. The van der Waals surface area contributed by atoms with Crippen LogP contribution >= 0.6 is 27.5 Å². The van der Waals surface area contributed by atoms with Gasteiger partial charge in [-0.25, -0.2) is 0 Å². The minimum Gasteiger partial charge on any atom is -0.496 e. The molecule has 2 aromatic carbocycles. The third-order valence-corrected chi connectivity index (χ3v) is 5.58. The number of halogens is 2. The van der Waals surface area contributed by atoms with Crippen molar-refractivity contribution in [3.05, 3.63) is 51.5 Å². The second kappa shape index (κ2) is 8.95. The second-order valence-corrected chi connectivity index (χ2v) is 7.68. The number of methoxy groups -OCH3 is 1. The Morgan fingerprint density at radius 1 is 1.22 bits per heavy atom. The van der Waals surface area contributed by atoms with E-state index in [4.69, 9.17) is 16.3 Å². The highest BCUT2D eigenvalue weighted by Crippen LogP contribution is 2.35. The van der Waals surface area contributed by atoms with Crippen LogP contribution < -0.4 is 15.0 Å². The van der Waals surface area contributed by atoms with E-state index in [1.54, 1.807) is 19.2 Å². The van der Waals surface area contributed by atoms with Gasteiger partial charge in [0.25, 0.3) is 5.91 Å². The van der Waals surface area contributed by atoms with E-state index < -0.39 is 0 Å². The molecule has 1 saturated heterocycles. The summed E-state index contributed by atoms with van der Waals surface area (Å²) in [5, 5.41) is 3.65. The number of hydrogen-bond acceptors (Lipinski definition) is 4. The van der Waals surface area contributed by atoms with Crippen LogP contribution in [0.3, 0.4) is 0 Å². The third kappa shape index (κ3) is 4.57. The molecular weight excluding hydrogens is 430 g/mol. The molecule has 144 valence electrons. The van der Waals surface area contributed by atoms with E-state index >= 15 is 0 Å². The van der Waals surface area contributed by atoms with Crippen LogP contribution in [0.4, 0.5) is 11.4 Å². The van der Waals surface area contributed by atoms with Crippen LogP contribution in [0.1, 0.15) is 17.3 Å². The van der Waals surface area contributed by atoms with Crippen molar-refractivity contribution in [3.63, 3.8) is 0 Å². The van der Waals surface area contributed by atoms with Crippen molar-refractivity contribution in [1.82, 2.24) is 4.90 Å². The molecule has 27 heavy (non-hydrogen) atoms. The third-order valence-electron chi connectivity index (χ3n) is 4.78. The van der Waals surface area contributed by atoms with Gasteiger partial charge in [-0.15, -0.1) is 0 Å². The Morgan fingerprint density at radius 2 is 1.96 bits per heavy atom. The summed E-state index contributed by atoms with van der Waals surface area (Å²) in [6, 6.07) is 10.9. The lowest BCUT2D eigenvalue weighted by Gasteiger charge is -2.36. The van der Waals surface area contributed by atoms with Gasteiger partial charge in [0, 0.05) is 30.7 Å². The van der Waals surface area contributed by atoms with E-state index in [-0.39, 0.29) is 5.91 Å². The Morgan fingerprint density at radius 3 is 2.63 bits per heavy atom. The van der Waals surface area contributed by atoms with E-state index in [9.17, 15) is 4.79 Å². The van der Waals surface area contributed by atoms with Crippen LogP contribution in [0.2, 0.25) is 5.02 Å². The van der Waals surface area contributed by atoms with Crippen LogP contribution in [0.5, 0.6) is 5.75 Å². The maximum Gasteiger partial charge on any atom is 0.259 e. The van der Waals surface area contributed by atoms with E-state index in [1.807, 2.05) is 24.3 Å². The summed E-state index contributed by atoms with van der Waals surface area (Å²) in [6.07, 6.45) is 0. The Hall–Kier alpha value is -1.76. The van der Waals surface area contributed by atoms with Crippen molar-refractivity contribution in [1.29, 1.82) is 0 Å². The minimum absolute atomic E-state index is 0.233. The lowest BCUT2D eigenvalue weighted by molar-refractivity contribution is 0.102. The highest BCUT2D eigenvalue weighted by atomic mass is 79.9. The van der Waals surface area contributed by atoms with Gasteiger partial charge in [0.1, 0.15) is 5.75 Å². The molecule has 1 heterocycles. The first-order valence-electron chi connectivity index (χ1n) is 8.94. The molecule has 2 aromatic rings. The number of hydrogen-bond donors (Lipinski definition) is 1.